The summed E-state index contributed by atoms with van der Waals surface area (Å²) in [6.45, 7) is 1.20. The van der Waals surface area contributed by atoms with Crippen LogP contribution in [0.3, 0.4) is 0 Å². The lowest BCUT2D eigenvalue weighted by Gasteiger charge is -2.07. The Morgan fingerprint density at radius 1 is 1.13 bits per heavy atom. The van der Waals surface area contributed by atoms with Crippen molar-refractivity contribution in [3.63, 3.8) is 0 Å². The van der Waals surface area contributed by atoms with Gasteiger partial charge in [0.15, 0.2) is 0 Å². The molecule has 23 heavy (non-hydrogen) atoms. The highest BCUT2D eigenvalue weighted by Crippen LogP contribution is 2.24. The van der Waals surface area contributed by atoms with Crippen LogP contribution in [0, 0.1) is 0 Å². The molecule has 2 N–H and O–H groups in total. The van der Waals surface area contributed by atoms with E-state index in [1.54, 1.807) is 0 Å². The highest BCUT2D eigenvalue weighted by atomic mass is 35.5. The lowest BCUT2D eigenvalue weighted by Crippen LogP contribution is -2.25. The zero-order valence-electron chi connectivity index (χ0n) is 12.9. The maximum absolute atomic E-state index is 11.8. The molecule has 2 aromatic rings. The number of aryl methyl sites for hydroxylation is 1. The molecular weight excluding hydrogens is 316 g/mol. The van der Waals surface area contributed by atoms with Gasteiger partial charge in [0, 0.05) is 48.1 Å². The number of carboxylic acid groups (broad SMARTS) is 1. The Bertz CT molecular complexity index is 682. The SMILES string of the molecule is O=C(O)CCCCCNC(=O)CCn1ccc2c(Cl)cccc21. The number of hydrogen-bond donors (Lipinski definition) is 2. The lowest BCUT2D eigenvalue weighted by molar-refractivity contribution is -0.137. The van der Waals surface area contributed by atoms with E-state index in [9.17, 15) is 9.59 Å². The number of aromatic nitrogens is 1. The first kappa shape index (κ1) is 17.3. The Morgan fingerprint density at radius 2 is 1.96 bits per heavy atom. The average Bonchev–Trinajstić information content (AvgIpc) is 2.93. The summed E-state index contributed by atoms with van der Waals surface area (Å²) in [5.74, 6) is -0.764. The van der Waals surface area contributed by atoms with E-state index in [1.165, 1.54) is 0 Å². The van der Waals surface area contributed by atoms with E-state index in [2.05, 4.69) is 5.32 Å². The van der Waals surface area contributed by atoms with E-state index in [-0.39, 0.29) is 12.3 Å². The molecule has 124 valence electrons. The molecule has 0 unspecified atom stereocenters. The van der Waals surface area contributed by atoms with Gasteiger partial charge in [-0.3, -0.25) is 9.59 Å². The summed E-state index contributed by atoms with van der Waals surface area (Å²) >= 11 is 6.13. The molecule has 1 amide bonds. The Balaban J connectivity index is 1.70. The summed E-state index contributed by atoms with van der Waals surface area (Å²) in [5.41, 5.74) is 1.03. The smallest absolute Gasteiger partial charge is 0.303 e. The third-order valence-corrected chi connectivity index (χ3v) is 4.06. The van der Waals surface area contributed by atoms with Crippen molar-refractivity contribution in [3.05, 3.63) is 35.5 Å². The predicted octanol–water partition coefficient (Wildman–Crippen LogP) is 3.45. The van der Waals surface area contributed by atoms with E-state index in [4.69, 9.17) is 16.7 Å². The Hall–Kier alpha value is -2.01. The molecule has 0 radical (unpaired) electrons. The molecule has 1 aromatic heterocycles. The van der Waals surface area contributed by atoms with E-state index in [0.29, 0.717) is 31.0 Å². The third-order valence-electron chi connectivity index (χ3n) is 3.73. The van der Waals surface area contributed by atoms with Crippen molar-refractivity contribution >= 4 is 34.4 Å². The number of carbonyl (C=O) groups is 2. The van der Waals surface area contributed by atoms with Gasteiger partial charge in [0.1, 0.15) is 0 Å². The number of nitrogens with zero attached hydrogens (tertiary/aromatic N) is 1. The fourth-order valence-corrected chi connectivity index (χ4v) is 2.73. The van der Waals surface area contributed by atoms with Crippen LogP contribution in [0.2, 0.25) is 5.02 Å². The van der Waals surface area contributed by atoms with Crippen molar-refractivity contribution in [1.82, 2.24) is 9.88 Å². The number of carbonyl (C=O) groups excluding carboxylic acids is 1. The molecule has 0 spiro atoms. The number of benzene rings is 1. The van der Waals surface area contributed by atoms with Gasteiger partial charge in [-0.2, -0.15) is 0 Å². The zero-order chi connectivity index (χ0) is 16.7. The van der Waals surface area contributed by atoms with Gasteiger partial charge in [-0.1, -0.05) is 24.1 Å². The van der Waals surface area contributed by atoms with Crippen LogP contribution in [0.5, 0.6) is 0 Å². The number of fused-ring (bicyclic) bond motifs is 1. The second-order valence-electron chi connectivity index (χ2n) is 5.49. The molecule has 0 atom stereocenters. The number of aliphatic carboxylic acids is 1. The molecule has 5 nitrogen and oxygen atoms in total. The molecule has 2 rings (SSSR count). The van der Waals surface area contributed by atoms with E-state index in [1.807, 2.05) is 35.0 Å². The number of nitrogens with one attached hydrogen (secondary N) is 1. The third kappa shape index (κ3) is 5.28. The Morgan fingerprint density at radius 3 is 2.74 bits per heavy atom. The van der Waals surface area contributed by atoms with Crippen LogP contribution in [-0.2, 0) is 16.1 Å². The van der Waals surface area contributed by atoms with Crippen LogP contribution < -0.4 is 5.32 Å². The maximum atomic E-state index is 11.8. The van der Waals surface area contributed by atoms with Gasteiger partial charge in [-0.05, 0) is 31.0 Å². The highest BCUT2D eigenvalue weighted by molar-refractivity contribution is 6.35. The summed E-state index contributed by atoms with van der Waals surface area (Å²) < 4.78 is 2.02. The van der Waals surface area contributed by atoms with Crippen molar-refractivity contribution in [2.75, 3.05) is 6.54 Å². The second-order valence-corrected chi connectivity index (χ2v) is 5.89. The summed E-state index contributed by atoms with van der Waals surface area (Å²) in [6.07, 6.45) is 4.81. The normalized spacial score (nSPS) is 10.8. The molecule has 0 bridgehead atoms. The molecule has 0 saturated heterocycles. The quantitative estimate of drug-likeness (QED) is 0.689. The average molecular weight is 337 g/mol. The van der Waals surface area contributed by atoms with Crippen molar-refractivity contribution in [2.24, 2.45) is 0 Å². The van der Waals surface area contributed by atoms with Crippen LogP contribution in [0.15, 0.2) is 30.5 Å². The first-order chi connectivity index (χ1) is 11.1. The van der Waals surface area contributed by atoms with Crippen molar-refractivity contribution in [1.29, 1.82) is 0 Å². The highest BCUT2D eigenvalue weighted by Gasteiger charge is 2.06. The second kappa shape index (κ2) is 8.58. The molecule has 0 aliphatic heterocycles. The van der Waals surface area contributed by atoms with Gasteiger partial charge in [-0.25, -0.2) is 0 Å². The largest absolute Gasteiger partial charge is 0.481 e. The molecule has 1 aromatic carbocycles. The molecular formula is C17H21ClN2O3. The van der Waals surface area contributed by atoms with Crippen molar-refractivity contribution in [2.45, 2.75) is 38.6 Å². The van der Waals surface area contributed by atoms with Gasteiger partial charge >= 0.3 is 5.97 Å². The fourth-order valence-electron chi connectivity index (χ4n) is 2.50. The maximum Gasteiger partial charge on any atom is 0.303 e. The lowest BCUT2D eigenvalue weighted by atomic mass is 10.2. The number of unbranched alkanes of at least 4 members (excludes halogenated alkanes) is 2. The predicted molar refractivity (Wildman–Crippen MR) is 90.7 cm³/mol. The van der Waals surface area contributed by atoms with Gasteiger partial charge in [0.05, 0.1) is 0 Å². The van der Waals surface area contributed by atoms with Crippen molar-refractivity contribution < 1.29 is 14.7 Å². The van der Waals surface area contributed by atoms with Gasteiger partial charge in [0.25, 0.3) is 0 Å². The van der Waals surface area contributed by atoms with Crippen LogP contribution in [0.1, 0.15) is 32.1 Å². The molecule has 0 fully saturated rings. The molecule has 6 heteroatoms. The summed E-state index contributed by atoms with van der Waals surface area (Å²) in [5, 5.41) is 13.1. The number of halogens is 1. The summed E-state index contributed by atoms with van der Waals surface area (Å²) in [6, 6.07) is 7.70. The zero-order valence-corrected chi connectivity index (χ0v) is 13.7. The number of rotatable bonds is 9. The van der Waals surface area contributed by atoms with Crippen LogP contribution in [0.25, 0.3) is 10.9 Å². The first-order valence-corrected chi connectivity index (χ1v) is 8.17. The molecule has 0 saturated carbocycles. The van der Waals surface area contributed by atoms with Crippen molar-refractivity contribution in [3.8, 4) is 0 Å². The van der Waals surface area contributed by atoms with Crippen LogP contribution in [-0.4, -0.2) is 28.1 Å². The van der Waals surface area contributed by atoms with Crippen LogP contribution >= 0.6 is 11.6 Å². The minimum Gasteiger partial charge on any atom is -0.481 e. The standard InChI is InChI=1S/C17H21ClN2O3/c18-14-5-4-6-15-13(14)8-11-20(15)12-9-16(21)19-10-3-1-2-7-17(22)23/h4-6,8,11H,1-3,7,9-10,12H2,(H,19,21)(H,22,23). The minimum absolute atomic E-state index is 0.00659. The monoisotopic (exact) mass is 336 g/mol. The summed E-state index contributed by atoms with van der Waals surface area (Å²) in [4.78, 5) is 22.2. The van der Waals surface area contributed by atoms with Gasteiger partial charge in [-0.15, -0.1) is 0 Å². The van der Waals surface area contributed by atoms with Gasteiger partial charge < -0.3 is 15.0 Å². The van der Waals surface area contributed by atoms with E-state index >= 15 is 0 Å². The number of hydrogen-bond acceptors (Lipinski definition) is 2. The first-order valence-electron chi connectivity index (χ1n) is 7.80. The van der Waals surface area contributed by atoms with Gasteiger partial charge in [0.2, 0.25) is 5.91 Å². The Kier molecular flexibility index (Phi) is 6.47. The topological polar surface area (TPSA) is 71.3 Å². The minimum atomic E-state index is -0.770. The number of carboxylic acids is 1. The molecule has 0 aliphatic rings. The Labute approximate surface area is 140 Å². The summed E-state index contributed by atoms with van der Waals surface area (Å²) in [7, 11) is 0. The van der Waals surface area contributed by atoms with Crippen LogP contribution in [0.4, 0.5) is 0 Å². The van der Waals surface area contributed by atoms with E-state index < -0.39 is 5.97 Å². The molecule has 1 heterocycles. The fraction of sp³-hybridized carbons (Fsp3) is 0.412. The molecule has 0 aliphatic carbocycles. The van der Waals surface area contributed by atoms with E-state index in [0.717, 1.165) is 23.7 Å². The number of amides is 1.